The highest BCUT2D eigenvalue weighted by atomic mass is 16.3. The van der Waals surface area contributed by atoms with Crippen LogP contribution in [0.5, 0.6) is 0 Å². The van der Waals surface area contributed by atoms with Crippen LogP contribution in [0.2, 0.25) is 0 Å². The molecule has 13 rings (SSSR count). The Labute approximate surface area is 419 Å². The molecular formula is C69H61NO. The molecule has 0 atom stereocenters. The first-order valence-electron chi connectivity index (χ1n) is 25.6. The van der Waals surface area contributed by atoms with E-state index in [1.165, 1.54) is 99.8 Å². The van der Waals surface area contributed by atoms with E-state index < -0.39 is 5.41 Å². The van der Waals surface area contributed by atoms with Crippen molar-refractivity contribution in [3.05, 3.63) is 244 Å². The van der Waals surface area contributed by atoms with Crippen molar-refractivity contribution in [1.82, 2.24) is 0 Å². The Morgan fingerprint density at radius 1 is 0.394 bits per heavy atom. The Hall–Kier alpha value is -7.42. The molecule has 0 saturated carbocycles. The number of fused-ring (bicyclic) bond motifs is 13. The predicted molar refractivity (Wildman–Crippen MR) is 298 cm³/mol. The van der Waals surface area contributed by atoms with Crippen LogP contribution in [0, 0.1) is 0 Å². The number of hydrogen-bond acceptors (Lipinski definition) is 2. The highest BCUT2D eigenvalue weighted by molar-refractivity contribution is 6.12. The molecule has 0 spiro atoms. The monoisotopic (exact) mass is 919 g/mol. The van der Waals surface area contributed by atoms with E-state index in [-0.39, 0.29) is 21.7 Å². The van der Waals surface area contributed by atoms with Crippen molar-refractivity contribution in [2.45, 2.75) is 96.3 Å². The van der Waals surface area contributed by atoms with Crippen LogP contribution in [0.4, 0.5) is 17.1 Å². The lowest BCUT2D eigenvalue weighted by Gasteiger charge is -2.35. The molecule has 0 aliphatic heterocycles. The second-order valence-electron chi connectivity index (χ2n) is 23.7. The third-order valence-corrected chi connectivity index (χ3v) is 16.8. The standard InChI is InChI=1S/C69H61NO/c1-65(2,3)44-38-54-62-61(71-64(54)60(39-44)66(4,5)6)36-34-52-53-40-46(32-35-56(53)68(9,10)63(52)62)70(47-31-33-51-48-25-14-17-28-55(48)67(7,8)59(51)41-47)45-24-20-23-43(37-45)69(42-21-12-11-13-22-42)57-29-18-15-26-49(57)50-27-16-19-30-58(50)69/h11-41H,1-10H3. The van der Waals surface area contributed by atoms with E-state index in [4.69, 9.17) is 4.42 Å². The van der Waals surface area contributed by atoms with Gasteiger partial charge in [-0.05, 0) is 143 Å². The third-order valence-electron chi connectivity index (χ3n) is 16.8. The van der Waals surface area contributed by atoms with Gasteiger partial charge in [-0.15, -0.1) is 0 Å². The maximum atomic E-state index is 6.98. The van der Waals surface area contributed by atoms with Crippen LogP contribution >= 0.6 is 0 Å². The summed E-state index contributed by atoms with van der Waals surface area (Å²) in [5.74, 6) is 0. The summed E-state index contributed by atoms with van der Waals surface area (Å²) in [6.45, 7) is 23.5. The van der Waals surface area contributed by atoms with Gasteiger partial charge >= 0.3 is 0 Å². The summed E-state index contributed by atoms with van der Waals surface area (Å²) >= 11 is 0. The number of nitrogens with zero attached hydrogens (tertiary/aromatic N) is 1. The summed E-state index contributed by atoms with van der Waals surface area (Å²) in [4.78, 5) is 2.52. The van der Waals surface area contributed by atoms with Crippen LogP contribution in [0.1, 0.15) is 125 Å². The fourth-order valence-electron chi connectivity index (χ4n) is 13.3. The second-order valence-corrected chi connectivity index (χ2v) is 23.7. The SMILES string of the molecule is CC(C)(C)c1cc(C(C)(C)C)c2oc3ccc4c(c3c2c1)C(C)(C)c1ccc(N(c2cccc(C3(c5ccccc5)c5ccccc5-c5ccccc53)c2)c2ccc3c(c2)C(C)(C)c2ccccc2-3)cc1-4. The van der Waals surface area contributed by atoms with Crippen molar-refractivity contribution in [3.8, 4) is 33.4 Å². The van der Waals surface area contributed by atoms with Crippen LogP contribution in [0.3, 0.4) is 0 Å². The maximum absolute atomic E-state index is 6.98. The van der Waals surface area contributed by atoms with Gasteiger partial charge in [0.1, 0.15) is 11.2 Å². The van der Waals surface area contributed by atoms with Gasteiger partial charge in [-0.3, -0.25) is 0 Å². The highest BCUT2D eigenvalue weighted by Crippen LogP contribution is 2.59. The topological polar surface area (TPSA) is 16.4 Å². The van der Waals surface area contributed by atoms with Crippen LogP contribution < -0.4 is 4.90 Å². The molecule has 0 N–H and O–H groups in total. The molecule has 0 saturated heterocycles. The minimum atomic E-state index is -0.531. The van der Waals surface area contributed by atoms with Gasteiger partial charge in [-0.2, -0.15) is 0 Å². The van der Waals surface area contributed by atoms with Crippen LogP contribution in [-0.2, 0) is 27.1 Å². The first-order valence-corrected chi connectivity index (χ1v) is 25.6. The number of hydrogen-bond donors (Lipinski definition) is 0. The first kappa shape index (κ1) is 43.6. The van der Waals surface area contributed by atoms with E-state index in [1.807, 2.05) is 0 Å². The summed E-state index contributed by atoms with van der Waals surface area (Å²) in [6, 6.07) is 71.5. The average molecular weight is 920 g/mol. The van der Waals surface area contributed by atoms with Gasteiger partial charge in [-0.25, -0.2) is 0 Å². The molecule has 0 fully saturated rings. The molecule has 10 aromatic rings. The predicted octanol–water partition coefficient (Wildman–Crippen LogP) is 18.6. The minimum Gasteiger partial charge on any atom is -0.456 e. The lowest BCUT2D eigenvalue weighted by Crippen LogP contribution is -2.28. The van der Waals surface area contributed by atoms with Crippen LogP contribution in [-0.4, -0.2) is 0 Å². The molecule has 0 amide bonds. The van der Waals surface area contributed by atoms with Crippen LogP contribution in [0.25, 0.3) is 55.3 Å². The summed E-state index contributed by atoms with van der Waals surface area (Å²) in [7, 11) is 0. The Morgan fingerprint density at radius 2 is 0.944 bits per heavy atom. The summed E-state index contributed by atoms with van der Waals surface area (Å²) < 4.78 is 6.98. The van der Waals surface area contributed by atoms with Crippen molar-refractivity contribution in [3.63, 3.8) is 0 Å². The summed E-state index contributed by atoms with van der Waals surface area (Å²) in [6.07, 6.45) is 0. The molecule has 71 heavy (non-hydrogen) atoms. The number of furan rings is 1. The van der Waals surface area contributed by atoms with E-state index in [9.17, 15) is 0 Å². The lowest BCUT2D eigenvalue weighted by atomic mass is 9.67. The molecule has 0 bridgehead atoms. The fourth-order valence-corrected chi connectivity index (χ4v) is 13.3. The third kappa shape index (κ3) is 6.07. The van der Waals surface area contributed by atoms with Crippen molar-refractivity contribution < 1.29 is 4.42 Å². The number of anilines is 3. The molecule has 1 aromatic heterocycles. The zero-order valence-electron chi connectivity index (χ0n) is 42.8. The number of rotatable bonds is 5. The van der Waals surface area contributed by atoms with Crippen molar-refractivity contribution in [2.75, 3.05) is 4.90 Å². The maximum Gasteiger partial charge on any atom is 0.139 e. The molecule has 348 valence electrons. The summed E-state index contributed by atoms with van der Waals surface area (Å²) in [5, 5.41) is 2.46. The van der Waals surface area contributed by atoms with Gasteiger partial charge in [0, 0.05) is 44.2 Å². The Bertz CT molecular complexity index is 3800. The van der Waals surface area contributed by atoms with Gasteiger partial charge in [0.05, 0.1) is 5.41 Å². The van der Waals surface area contributed by atoms with E-state index >= 15 is 0 Å². The molecule has 0 unspecified atom stereocenters. The number of benzene rings is 9. The average Bonchev–Trinajstić information content (AvgIpc) is 4.03. The quantitative estimate of drug-likeness (QED) is 0.171. The molecule has 2 heteroatoms. The zero-order chi connectivity index (χ0) is 49.0. The van der Waals surface area contributed by atoms with E-state index in [0.29, 0.717) is 0 Å². The van der Waals surface area contributed by atoms with Gasteiger partial charge in [0.25, 0.3) is 0 Å². The molecule has 1 heterocycles. The van der Waals surface area contributed by atoms with Crippen molar-refractivity contribution in [2.24, 2.45) is 0 Å². The van der Waals surface area contributed by atoms with Gasteiger partial charge in [-0.1, -0.05) is 209 Å². The fraction of sp³-hybridized carbons (Fsp3) is 0.217. The Balaban J connectivity index is 1.05. The lowest BCUT2D eigenvalue weighted by molar-refractivity contribution is 0.559. The van der Waals surface area contributed by atoms with Crippen molar-refractivity contribution >= 4 is 39.0 Å². The molecule has 0 radical (unpaired) electrons. The van der Waals surface area contributed by atoms with E-state index in [1.54, 1.807) is 0 Å². The van der Waals surface area contributed by atoms with E-state index in [0.717, 1.165) is 28.2 Å². The largest absolute Gasteiger partial charge is 0.456 e. The highest BCUT2D eigenvalue weighted by Gasteiger charge is 2.47. The van der Waals surface area contributed by atoms with Gasteiger partial charge < -0.3 is 9.32 Å². The second kappa shape index (κ2) is 14.8. The molecule has 3 aliphatic rings. The van der Waals surface area contributed by atoms with Crippen LogP contribution in [0.15, 0.2) is 192 Å². The first-order chi connectivity index (χ1) is 34.0. The van der Waals surface area contributed by atoms with Gasteiger partial charge in [0.15, 0.2) is 0 Å². The van der Waals surface area contributed by atoms with E-state index in [2.05, 4.69) is 262 Å². The minimum absolute atomic E-state index is 0.0231. The smallest absolute Gasteiger partial charge is 0.139 e. The molecule has 9 aromatic carbocycles. The molecule has 2 nitrogen and oxygen atoms in total. The van der Waals surface area contributed by atoms with Gasteiger partial charge in [0.2, 0.25) is 0 Å². The molecule has 3 aliphatic carbocycles. The molecular weight excluding hydrogens is 859 g/mol. The summed E-state index contributed by atoms with van der Waals surface area (Å²) in [5.41, 5.74) is 25.2. The van der Waals surface area contributed by atoms with Crippen molar-refractivity contribution in [1.29, 1.82) is 0 Å². The zero-order valence-corrected chi connectivity index (χ0v) is 42.8. The Morgan fingerprint density at radius 3 is 1.62 bits per heavy atom. The normalized spacial score (nSPS) is 15.5. The Kier molecular flexibility index (Phi) is 9.09.